The zero-order valence-electron chi connectivity index (χ0n) is 18.5. The fourth-order valence-corrected chi connectivity index (χ4v) is 3.82. The largest absolute Gasteiger partial charge is 0.496 e. The first kappa shape index (κ1) is 21.5. The molecule has 0 bridgehead atoms. The Balaban J connectivity index is 1.54. The van der Waals surface area contributed by atoms with Crippen LogP contribution in [0.5, 0.6) is 23.0 Å². The molecule has 1 heterocycles. The molecule has 1 aliphatic rings. The molecular weight excluding hydrogens is 408 g/mol. The van der Waals surface area contributed by atoms with Gasteiger partial charge in [0, 0.05) is 35.7 Å². The number of ketones is 1. The predicted octanol–water partition coefficient (Wildman–Crippen LogP) is 4.20. The molecule has 7 nitrogen and oxygen atoms in total. The number of hydrogen-bond donors (Lipinski definition) is 0. The normalized spacial score (nSPS) is 14.2. The Kier molecular flexibility index (Phi) is 6.44. The molecule has 0 unspecified atom stereocenters. The molecule has 32 heavy (non-hydrogen) atoms. The molecule has 0 aliphatic heterocycles. The van der Waals surface area contributed by atoms with E-state index >= 15 is 0 Å². The summed E-state index contributed by atoms with van der Waals surface area (Å²) < 4.78 is 24.2. The van der Waals surface area contributed by atoms with E-state index in [0.29, 0.717) is 48.0 Å². The van der Waals surface area contributed by atoms with Crippen LogP contribution in [0.3, 0.4) is 0 Å². The third-order valence-electron chi connectivity index (χ3n) is 5.53. The summed E-state index contributed by atoms with van der Waals surface area (Å²) in [5, 5.41) is 0. The van der Waals surface area contributed by atoms with Crippen molar-refractivity contribution in [3.8, 4) is 23.0 Å². The number of benzene rings is 2. The highest BCUT2D eigenvalue weighted by Crippen LogP contribution is 2.37. The minimum Gasteiger partial charge on any atom is -0.496 e. The molecule has 7 heteroatoms. The summed E-state index contributed by atoms with van der Waals surface area (Å²) in [5.74, 6) is 2.59. The van der Waals surface area contributed by atoms with Crippen LogP contribution < -0.4 is 18.9 Å². The third kappa shape index (κ3) is 4.46. The summed E-state index contributed by atoms with van der Waals surface area (Å²) in [4.78, 5) is 17.2. The second-order valence-electron chi connectivity index (χ2n) is 7.41. The molecule has 0 atom stereocenters. The minimum absolute atomic E-state index is 0.0103. The van der Waals surface area contributed by atoms with Crippen molar-refractivity contribution in [3.63, 3.8) is 0 Å². The standard InChI is InChI=1S/C25H26N2O5/c1-29-20-14-23(30-2)22(24(15-20)31-3)13-18-5-4-17-12-19(6-7-21(17)25(18)28)32-11-10-27-9-8-26-16-27/h6-9,12-16H,4-5,10-11H2,1-3H3/b18-13+. The lowest BCUT2D eigenvalue weighted by atomic mass is 9.85. The Labute approximate surface area is 187 Å². The Morgan fingerprint density at radius 3 is 2.44 bits per heavy atom. The van der Waals surface area contributed by atoms with Crippen LogP contribution in [0.1, 0.15) is 27.9 Å². The lowest BCUT2D eigenvalue weighted by molar-refractivity contribution is 0.102. The highest BCUT2D eigenvalue weighted by Gasteiger charge is 2.24. The van der Waals surface area contributed by atoms with Gasteiger partial charge in [0.05, 0.1) is 39.8 Å². The summed E-state index contributed by atoms with van der Waals surface area (Å²) in [6, 6.07) is 9.22. The van der Waals surface area contributed by atoms with Crippen molar-refractivity contribution in [3.05, 3.63) is 71.3 Å². The SMILES string of the molecule is COc1cc(OC)c(/C=C2\CCc3cc(OCCn4ccnc4)ccc3C2=O)c(OC)c1. The maximum absolute atomic E-state index is 13.2. The van der Waals surface area contributed by atoms with Gasteiger partial charge >= 0.3 is 0 Å². The predicted molar refractivity (Wildman–Crippen MR) is 121 cm³/mol. The smallest absolute Gasteiger partial charge is 0.189 e. The number of fused-ring (bicyclic) bond motifs is 1. The zero-order chi connectivity index (χ0) is 22.5. The number of aryl methyl sites for hydroxylation is 1. The Morgan fingerprint density at radius 1 is 1.00 bits per heavy atom. The van der Waals surface area contributed by atoms with Crippen molar-refractivity contribution in [2.75, 3.05) is 27.9 Å². The van der Waals surface area contributed by atoms with Gasteiger partial charge in [0.1, 0.15) is 29.6 Å². The van der Waals surface area contributed by atoms with E-state index in [9.17, 15) is 4.79 Å². The average molecular weight is 434 g/mol. The van der Waals surface area contributed by atoms with Crippen molar-refractivity contribution in [1.29, 1.82) is 0 Å². The summed E-state index contributed by atoms with van der Waals surface area (Å²) in [7, 11) is 4.76. The first-order chi connectivity index (χ1) is 15.6. The van der Waals surface area contributed by atoms with Gasteiger partial charge in [-0.1, -0.05) is 0 Å². The monoisotopic (exact) mass is 434 g/mol. The number of hydrogen-bond acceptors (Lipinski definition) is 6. The number of carbonyl (C=O) groups excluding carboxylic acids is 1. The first-order valence-electron chi connectivity index (χ1n) is 10.4. The minimum atomic E-state index is 0.0103. The van der Waals surface area contributed by atoms with Gasteiger partial charge in [-0.25, -0.2) is 4.98 Å². The highest BCUT2D eigenvalue weighted by molar-refractivity contribution is 6.13. The maximum atomic E-state index is 13.2. The second-order valence-corrected chi connectivity index (χ2v) is 7.41. The van der Waals surface area contributed by atoms with Crippen LogP contribution in [0.4, 0.5) is 0 Å². The molecule has 0 spiro atoms. The van der Waals surface area contributed by atoms with E-state index in [1.54, 1.807) is 46.0 Å². The maximum Gasteiger partial charge on any atom is 0.189 e. The Hall–Kier alpha value is -3.74. The van der Waals surface area contributed by atoms with Crippen molar-refractivity contribution in [2.24, 2.45) is 0 Å². The van der Waals surface area contributed by atoms with Crippen LogP contribution in [0.15, 0.2) is 54.6 Å². The molecule has 3 aromatic rings. The molecule has 0 N–H and O–H groups in total. The van der Waals surface area contributed by atoms with E-state index in [2.05, 4.69) is 4.98 Å². The second kappa shape index (κ2) is 9.60. The number of rotatable bonds is 8. The number of nitrogens with zero attached hydrogens (tertiary/aromatic N) is 2. The Morgan fingerprint density at radius 2 is 1.78 bits per heavy atom. The fraction of sp³-hybridized carbons (Fsp3) is 0.280. The molecule has 166 valence electrons. The van der Waals surface area contributed by atoms with E-state index in [1.807, 2.05) is 35.0 Å². The summed E-state index contributed by atoms with van der Waals surface area (Å²) in [5.41, 5.74) is 3.15. The van der Waals surface area contributed by atoms with E-state index in [1.165, 1.54) is 0 Å². The van der Waals surface area contributed by atoms with Gasteiger partial charge in [-0.15, -0.1) is 0 Å². The molecule has 0 saturated heterocycles. The number of imidazole rings is 1. The molecule has 0 amide bonds. The van der Waals surface area contributed by atoms with Gasteiger partial charge in [0.25, 0.3) is 0 Å². The third-order valence-corrected chi connectivity index (χ3v) is 5.53. The van der Waals surface area contributed by atoms with Crippen molar-refractivity contribution >= 4 is 11.9 Å². The number of carbonyl (C=O) groups is 1. The van der Waals surface area contributed by atoms with Gasteiger partial charge in [0.2, 0.25) is 0 Å². The molecule has 0 saturated carbocycles. The number of aromatic nitrogens is 2. The van der Waals surface area contributed by atoms with Crippen molar-refractivity contribution in [2.45, 2.75) is 19.4 Å². The van der Waals surface area contributed by atoms with Gasteiger partial charge in [-0.3, -0.25) is 4.79 Å². The van der Waals surface area contributed by atoms with E-state index in [0.717, 1.165) is 23.3 Å². The van der Waals surface area contributed by atoms with Crippen LogP contribution in [0.25, 0.3) is 6.08 Å². The number of methoxy groups -OCH3 is 3. The average Bonchev–Trinajstić information content (AvgIpc) is 3.34. The lowest BCUT2D eigenvalue weighted by Crippen LogP contribution is -2.15. The summed E-state index contributed by atoms with van der Waals surface area (Å²) >= 11 is 0. The topological polar surface area (TPSA) is 71.8 Å². The fourth-order valence-electron chi connectivity index (χ4n) is 3.82. The number of Topliss-reactive ketones (excluding diaryl/α,β-unsaturated/α-hetero) is 1. The molecule has 1 aromatic heterocycles. The summed E-state index contributed by atoms with van der Waals surface area (Å²) in [6.07, 6.45) is 8.64. The van der Waals surface area contributed by atoms with Crippen LogP contribution in [0.2, 0.25) is 0 Å². The highest BCUT2D eigenvalue weighted by atomic mass is 16.5. The van der Waals surface area contributed by atoms with Crippen LogP contribution >= 0.6 is 0 Å². The van der Waals surface area contributed by atoms with Crippen LogP contribution in [-0.2, 0) is 13.0 Å². The molecule has 4 rings (SSSR count). The van der Waals surface area contributed by atoms with Crippen molar-refractivity contribution in [1.82, 2.24) is 9.55 Å². The first-order valence-corrected chi connectivity index (χ1v) is 10.4. The van der Waals surface area contributed by atoms with Gasteiger partial charge < -0.3 is 23.5 Å². The quantitative estimate of drug-likeness (QED) is 0.495. The van der Waals surface area contributed by atoms with E-state index in [4.69, 9.17) is 18.9 Å². The van der Waals surface area contributed by atoms with Crippen LogP contribution in [-0.4, -0.2) is 43.3 Å². The van der Waals surface area contributed by atoms with Gasteiger partial charge in [0.15, 0.2) is 5.78 Å². The molecule has 2 aromatic carbocycles. The van der Waals surface area contributed by atoms with Crippen molar-refractivity contribution < 1.29 is 23.7 Å². The zero-order valence-corrected chi connectivity index (χ0v) is 18.5. The van der Waals surface area contributed by atoms with E-state index < -0.39 is 0 Å². The van der Waals surface area contributed by atoms with Crippen LogP contribution in [0, 0.1) is 0 Å². The Bertz CT molecular complexity index is 1110. The molecule has 1 aliphatic carbocycles. The number of allylic oxidation sites excluding steroid dienone is 1. The molecular formula is C25H26N2O5. The number of ether oxygens (including phenoxy) is 4. The van der Waals surface area contributed by atoms with Gasteiger partial charge in [-0.05, 0) is 42.7 Å². The van der Waals surface area contributed by atoms with Gasteiger partial charge in [-0.2, -0.15) is 0 Å². The lowest BCUT2D eigenvalue weighted by Gasteiger charge is -2.20. The van der Waals surface area contributed by atoms with E-state index in [-0.39, 0.29) is 5.78 Å². The summed E-state index contributed by atoms with van der Waals surface area (Å²) in [6.45, 7) is 1.25. The molecule has 0 fully saturated rings. The molecule has 0 radical (unpaired) electrons.